The van der Waals surface area contributed by atoms with Gasteiger partial charge in [-0.2, -0.15) is 4.31 Å². The summed E-state index contributed by atoms with van der Waals surface area (Å²) >= 11 is 3.26. The van der Waals surface area contributed by atoms with Crippen molar-refractivity contribution in [2.24, 2.45) is 0 Å². The second-order valence-corrected chi connectivity index (χ2v) is 6.35. The summed E-state index contributed by atoms with van der Waals surface area (Å²) in [6.45, 7) is 2.45. The molecule has 0 atom stereocenters. The van der Waals surface area contributed by atoms with Crippen molar-refractivity contribution >= 4 is 26.0 Å². The maximum atomic E-state index is 12.3. The van der Waals surface area contributed by atoms with Crippen LogP contribution in [0, 0.1) is 12.3 Å². The van der Waals surface area contributed by atoms with Gasteiger partial charge in [-0.25, -0.2) is 8.42 Å². The quantitative estimate of drug-likeness (QED) is 0.783. The SMILES string of the molecule is C#CCN(CCC)S(=O)(=O)c1cccc(Br)c1. The summed E-state index contributed by atoms with van der Waals surface area (Å²) in [6, 6.07) is 6.62. The predicted octanol–water partition coefficient (Wildman–Crippen LogP) is 2.48. The van der Waals surface area contributed by atoms with Crippen LogP contribution in [0.15, 0.2) is 33.6 Å². The van der Waals surface area contributed by atoms with Crippen LogP contribution in [0.3, 0.4) is 0 Å². The minimum absolute atomic E-state index is 0.0999. The van der Waals surface area contributed by atoms with Crippen molar-refractivity contribution in [1.82, 2.24) is 4.31 Å². The third-order valence-electron chi connectivity index (χ3n) is 2.17. The molecular weight excluding hydrogens is 302 g/mol. The van der Waals surface area contributed by atoms with E-state index in [2.05, 4.69) is 21.9 Å². The Bertz CT molecular complexity index is 520. The lowest BCUT2D eigenvalue weighted by molar-refractivity contribution is 0.445. The van der Waals surface area contributed by atoms with Crippen molar-refractivity contribution in [2.75, 3.05) is 13.1 Å². The molecule has 0 aliphatic carbocycles. The molecule has 0 saturated carbocycles. The highest BCUT2D eigenvalue weighted by Gasteiger charge is 2.22. The fourth-order valence-electron chi connectivity index (χ4n) is 1.41. The topological polar surface area (TPSA) is 37.4 Å². The van der Waals surface area contributed by atoms with Gasteiger partial charge >= 0.3 is 0 Å². The number of sulfonamides is 1. The summed E-state index contributed by atoms with van der Waals surface area (Å²) in [5.41, 5.74) is 0. The van der Waals surface area contributed by atoms with E-state index in [9.17, 15) is 8.42 Å². The lowest BCUT2D eigenvalue weighted by atomic mass is 10.4. The zero-order valence-corrected chi connectivity index (χ0v) is 12.0. The van der Waals surface area contributed by atoms with Gasteiger partial charge in [-0.1, -0.05) is 34.8 Å². The molecule has 0 N–H and O–H groups in total. The van der Waals surface area contributed by atoms with Crippen LogP contribution in [0.5, 0.6) is 0 Å². The highest BCUT2D eigenvalue weighted by Crippen LogP contribution is 2.19. The van der Waals surface area contributed by atoms with Crippen molar-refractivity contribution in [2.45, 2.75) is 18.2 Å². The molecule has 0 radical (unpaired) electrons. The second-order valence-electron chi connectivity index (χ2n) is 3.50. The average Bonchev–Trinajstić information content (AvgIpc) is 2.29. The Morgan fingerprint density at radius 1 is 1.47 bits per heavy atom. The van der Waals surface area contributed by atoms with Crippen molar-refractivity contribution < 1.29 is 8.42 Å². The molecular formula is C12H14BrNO2S. The fourth-order valence-corrected chi connectivity index (χ4v) is 3.45. The summed E-state index contributed by atoms with van der Waals surface area (Å²) in [5.74, 6) is 2.38. The Hall–Kier alpha value is -0.830. The highest BCUT2D eigenvalue weighted by atomic mass is 79.9. The van der Waals surface area contributed by atoms with E-state index in [0.717, 1.165) is 10.9 Å². The number of rotatable bonds is 5. The molecule has 17 heavy (non-hydrogen) atoms. The van der Waals surface area contributed by atoms with Gasteiger partial charge in [0.2, 0.25) is 10.0 Å². The van der Waals surface area contributed by atoms with Crippen LogP contribution in [0.25, 0.3) is 0 Å². The van der Waals surface area contributed by atoms with Crippen LogP contribution in [0.4, 0.5) is 0 Å². The van der Waals surface area contributed by atoms with Gasteiger partial charge in [-0.15, -0.1) is 6.42 Å². The summed E-state index contributed by atoms with van der Waals surface area (Å²) in [6.07, 6.45) is 5.93. The van der Waals surface area contributed by atoms with Crippen molar-refractivity contribution in [3.05, 3.63) is 28.7 Å². The summed E-state index contributed by atoms with van der Waals surface area (Å²) in [5, 5.41) is 0. The Balaban J connectivity index is 3.12. The van der Waals surface area contributed by atoms with E-state index in [1.165, 1.54) is 4.31 Å². The first-order chi connectivity index (χ1) is 8.02. The molecule has 3 nitrogen and oxygen atoms in total. The van der Waals surface area contributed by atoms with E-state index in [-0.39, 0.29) is 11.4 Å². The molecule has 0 aromatic heterocycles. The maximum Gasteiger partial charge on any atom is 0.243 e. The van der Waals surface area contributed by atoms with E-state index in [4.69, 9.17) is 6.42 Å². The highest BCUT2D eigenvalue weighted by molar-refractivity contribution is 9.10. The van der Waals surface area contributed by atoms with Gasteiger partial charge in [0.15, 0.2) is 0 Å². The lowest BCUT2D eigenvalue weighted by Gasteiger charge is -2.19. The molecule has 0 bridgehead atoms. The Labute approximate surface area is 111 Å². The van der Waals surface area contributed by atoms with E-state index >= 15 is 0 Å². The normalized spacial score (nSPS) is 11.4. The third-order valence-corrected chi connectivity index (χ3v) is 4.51. The first-order valence-electron chi connectivity index (χ1n) is 5.21. The first-order valence-corrected chi connectivity index (χ1v) is 7.45. The monoisotopic (exact) mass is 315 g/mol. The van der Waals surface area contributed by atoms with Gasteiger partial charge in [-0.3, -0.25) is 0 Å². The Morgan fingerprint density at radius 2 is 2.18 bits per heavy atom. The second kappa shape index (κ2) is 6.20. The maximum absolute atomic E-state index is 12.3. The molecule has 0 amide bonds. The van der Waals surface area contributed by atoms with Gasteiger partial charge in [-0.05, 0) is 24.6 Å². The van der Waals surface area contributed by atoms with Gasteiger partial charge < -0.3 is 0 Å². The Morgan fingerprint density at radius 3 is 2.71 bits per heavy atom. The number of halogens is 1. The third kappa shape index (κ3) is 3.56. The first kappa shape index (κ1) is 14.2. The fraction of sp³-hybridized carbons (Fsp3) is 0.333. The smallest absolute Gasteiger partial charge is 0.207 e. The van der Waals surface area contributed by atoms with Crippen LogP contribution >= 0.6 is 15.9 Å². The number of terminal acetylenes is 1. The number of benzene rings is 1. The van der Waals surface area contributed by atoms with Crippen molar-refractivity contribution in [3.8, 4) is 12.3 Å². The van der Waals surface area contributed by atoms with E-state index in [1.54, 1.807) is 24.3 Å². The van der Waals surface area contributed by atoms with Crippen molar-refractivity contribution in [3.63, 3.8) is 0 Å². The van der Waals surface area contributed by atoms with Crippen LogP contribution in [-0.2, 0) is 10.0 Å². The number of hydrogen-bond acceptors (Lipinski definition) is 2. The average molecular weight is 316 g/mol. The van der Waals surface area contributed by atoms with Gasteiger partial charge in [0, 0.05) is 11.0 Å². The summed E-state index contributed by atoms with van der Waals surface area (Å²) in [7, 11) is -3.49. The minimum Gasteiger partial charge on any atom is -0.207 e. The Kier molecular flexibility index (Phi) is 5.19. The van der Waals surface area contributed by atoms with Crippen molar-refractivity contribution in [1.29, 1.82) is 0 Å². The lowest BCUT2D eigenvalue weighted by Crippen LogP contribution is -2.32. The number of hydrogen-bond donors (Lipinski definition) is 0. The molecule has 0 unspecified atom stereocenters. The van der Waals surface area contributed by atoms with Gasteiger partial charge in [0.1, 0.15) is 0 Å². The largest absolute Gasteiger partial charge is 0.243 e. The minimum atomic E-state index is -3.49. The van der Waals surface area contributed by atoms with Crippen LogP contribution in [0.2, 0.25) is 0 Å². The zero-order chi connectivity index (χ0) is 12.9. The molecule has 0 spiro atoms. The molecule has 0 saturated heterocycles. The molecule has 0 heterocycles. The zero-order valence-electron chi connectivity index (χ0n) is 9.56. The molecule has 1 aromatic carbocycles. The molecule has 92 valence electrons. The van der Waals surface area contributed by atoms with E-state index in [1.807, 2.05) is 6.92 Å². The van der Waals surface area contributed by atoms with Crippen LogP contribution in [-0.4, -0.2) is 25.8 Å². The standard InChI is InChI=1S/C12H14BrNO2S/c1-3-8-14(9-4-2)17(15,16)12-7-5-6-11(13)10-12/h1,5-7,10H,4,8-9H2,2H3. The van der Waals surface area contributed by atoms with Crippen LogP contribution in [0.1, 0.15) is 13.3 Å². The van der Waals surface area contributed by atoms with Gasteiger partial charge in [0.25, 0.3) is 0 Å². The van der Waals surface area contributed by atoms with Crippen LogP contribution < -0.4 is 0 Å². The van der Waals surface area contributed by atoms with Gasteiger partial charge in [0.05, 0.1) is 11.4 Å². The van der Waals surface area contributed by atoms with E-state index < -0.39 is 10.0 Å². The molecule has 0 aliphatic rings. The molecule has 5 heteroatoms. The molecule has 1 aromatic rings. The summed E-state index contributed by atoms with van der Waals surface area (Å²) in [4.78, 5) is 0.260. The summed E-state index contributed by atoms with van der Waals surface area (Å²) < 4.78 is 26.6. The molecule has 1 rings (SSSR count). The van der Waals surface area contributed by atoms with E-state index in [0.29, 0.717) is 6.54 Å². The molecule has 0 aliphatic heterocycles. The number of nitrogens with zero attached hydrogens (tertiary/aromatic N) is 1. The predicted molar refractivity (Wildman–Crippen MR) is 72.0 cm³/mol. The molecule has 0 fully saturated rings.